The number of carbonyl (C=O) groups is 1. The van der Waals surface area contributed by atoms with Gasteiger partial charge in [0, 0.05) is 13.1 Å². The smallest absolute Gasteiger partial charge is 0.257 e. The van der Waals surface area contributed by atoms with Crippen LogP contribution in [0.5, 0.6) is 11.5 Å². The van der Waals surface area contributed by atoms with Crippen molar-refractivity contribution in [1.82, 2.24) is 4.90 Å². The summed E-state index contributed by atoms with van der Waals surface area (Å²) < 4.78 is 5.58. The minimum absolute atomic E-state index is 0.0446. The van der Waals surface area contributed by atoms with Gasteiger partial charge in [-0.25, -0.2) is 0 Å². The van der Waals surface area contributed by atoms with Crippen LogP contribution < -0.4 is 4.74 Å². The van der Waals surface area contributed by atoms with E-state index >= 15 is 0 Å². The Bertz CT molecular complexity index is 688. The molecular formula is C20H23NO3. The molecule has 0 aromatic heterocycles. The van der Waals surface area contributed by atoms with Crippen molar-refractivity contribution in [3.05, 3.63) is 59.7 Å². The predicted octanol–water partition coefficient (Wildman–Crippen LogP) is 3.81. The maximum absolute atomic E-state index is 12.8. The number of carbonyl (C=O) groups excluding carboxylic acids is 1. The number of para-hydroxylation sites is 1. The molecule has 1 heterocycles. The number of nitrogens with zero attached hydrogens (tertiary/aromatic N) is 1. The van der Waals surface area contributed by atoms with Crippen molar-refractivity contribution in [2.75, 3.05) is 19.7 Å². The van der Waals surface area contributed by atoms with Crippen LogP contribution in [0.2, 0.25) is 0 Å². The molecule has 0 unspecified atom stereocenters. The Morgan fingerprint density at radius 2 is 1.79 bits per heavy atom. The third-order valence-corrected chi connectivity index (χ3v) is 4.56. The number of phenols is 1. The van der Waals surface area contributed by atoms with E-state index in [0.717, 1.165) is 25.9 Å². The van der Waals surface area contributed by atoms with E-state index in [1.54, 1.807) is 12.1 Å². The molecular weight excluding hydrogens is 302 g/mol. The van der Waals surface area contributed by atoms with Gasteiger partial charge in [-0.15, -0.1) is 0 Å². The molecule has 0 atom stereocenters. The van der Waals surface area contributed by atoms with E-state index in [9.17, 15) is 9.90 Å². The molecule has 0 radical (unpaired) electrons. The molecule has 24 heavy (non-hydrogen) atoms. The average Bonchev–Trinajstić information content (AvgIpc) is 2.63. The molecule has 2 aromatic carbocycles. The maximum atomic E-state index is 12.8. The number of likely N-dealkylation sites (tertiary alicyclic amines) is 1. The van der Waals surface area contributed by atoms with Crippen molar-refractivity contribution in [2.24, 2.45) is 0 Å². The normalized spacial score (nSPS) is 15.3. The fraction of sp³-hybridized carbons (Fsp3) is 0.350. The molecule has 126 valence electrons. The zero-order chi connectivity index (χ0) is 16.9. The van der Waals surface area contributed by atoms with Gasteiger partial charge in [-0.05, 0) is 55.5 Å². The van der Waals surface area contributed by atoms with Crippen molar-refractivity contribution >= 4 is 5.91 Å². The molecule has 4 nitrogen and oxygen atoms in total. The van der Waals surface area contributed by atoms with Crippen LogP contribution in [-0.2, 0) is 0 Å². The summed E-state index contributed by atoms with van der Waals surface area (Å²) >= 11 is 0. The highest BCUT2D eigenvalue weighted by atomic mass is 16.5. The summed E-state index contributed by atoms with van der Waals surface area (Å²) in [4.78, 5) is 14.7. The third kappa shape index (κ3) is 3.53. The lowest BCUT2D eigenvalue weighted by molar-refractivity contribution is 0.0709. The Labute approximate surface area is 142 Å². The van der Waals surface area contributed by atoms with Gasteiger partial charge in [0.15, 0.2) is 0 Å². The topological polar surface area (TPSA) is 49.8 Å². The first kappa shape index (κ1) is 16.4. The largest absolute Gasteiger partial charge is 0.508 e. The standard InChI is InChI=1S/C20H23NO3/c1-2-24-19-6-4-3-5-18(19)20(23)21-13-11-16(12-14-21)15-7-9-17(22)10-8-15/h3-10,16,22H,2,11-14H2,1H3. The first-order chi connectivity index (χ1) is 11.7. The fourth-order valence-corrected chi connectivity index (χ4v) is 3.26. The van der Waals surface area contributed by atoms with Gasteiger partial charge in [0.05, 0.1) is 12.2 Å². The molecule has 1 saturated heterocycles. The van der Waals surface area contributed by atoms with Crippen LogP contribution in [0, 0.1) is 0 Å². The molecule has 0 saturated carbocycles. The van der Waals surface area contributed by atoms with Crippen LogP contribution in [-0.4, -0.2) is 35.6 Å². The van der Waals surface area contributed by atoms with E-state index in [4.69, 9.17) is 4.74 Å². The minimum Gasteiger partial charge on any atom is -0.508 e. The lowest BCUT2D eigenvalue weighted by Gasteiger charge is -2.32. The van der Waals surface area contributed by atoms with Gasteiger partial charge in [0.1, 0.15) is 11.5 Å². The van der Waals surface area contributed by atoms with Gasteiger partial charge < -0.3 is 14.7 Å². The first-order valence-corrected chi connectivity index (χ1v) is 8.49. The van der Waals surface area contributed by atoms with Gasteiger partial charge in [-0.3, -0.25) is 4.79 Å². The molecule has 2 aromatic rings. The van der Waals surface area contributed by atoms with E-state index in [1.807, 2.05) is 48.2 Å². The lowest BCUT2D eigenvalue weighted by Crippen LogP contribution is -2.38. The summed E-state index contributed by atoms with van der Waals surface area (Å²) in [5.74, 6) is 1.43. The van der Waals surface area contributed by atoms with E-state index in [-0.39, 0.29) is 5.91 Å². The summed E-state index contributed by atoms with van der Waals surface area (Å²) in [6, 6.07) is 14.8. The van der Waals surface area contributed by atoms with Gasteiger partial charge in [-0.1, -0.05) is 24.3 Å². The SMILES string of the molecule is CCOc1ccccc1C(=O)N1CCC(c2ccc(O)cc2)CC1. The summed E-state index contributed by atoms with van der Waals surface area (Å²) in [6.45, 7) is 3.95. The summed E-state index contributed by atoms with van der Waals surface area (Å²) in [6.07, 6.45) is 1.88. The number of ether oxygens (including phenoxy) is 1. The number of piperidine rings is 1. The molecule has 4 heteroatoms. The van der Waals surface area contributed by atoms with Gasteiger partial charge in [0.2, 0.25) is 0 Å². The van der Waals surface area contributed by atoms with Crippen LogP contribution in [0.25, 0.3) is 0 Å². The molecule has 1 aliphatic rings. The third-order valence-electron chi connectivity index (χ3n) is 4.56. The van der Waals surface area contributed by atoms with Gasteiger partial charge >= 0.3 is 0 Å². The maximum Gasteiger partial charge on any atom is 0.257 e. The van der Waals surface area contributed by atoms with Crippen LogP contribution >= 0.6 is 0 Å². The Kier molecular flexibility index (Phi) is 5.04. The number of hydrogen-bond acceptors (Lipinski definition) is 3. The molecule has 0 aliphatic carbocycles. The molecule has 1 aliphatic heterocycles. The Morgan fingerprint density at radius 1 is 1.12 bits per heavy atom. The van der Waals surface area contributed by atoms with Crippen molar-refractivity contribution in [2.45, 2.75) is 25.7 Å². The number of hydrogen-bond donors (Lipinski definition) is 1. The van der Waals surface area contributed by atoms with Crippen molar-refractivity contribution < 1.29 is 14.6 Å². The quantitative estimate of drug-likeness (QED) is 0.930. The number of aromatic hydroxyl groups is 1. The van der Waals surface area contributed by atoms with E-state index < -0.39 is 0 Å². The minimum atomic E-state index is 0.0446. The van der Waals surface area contributed by atoms with Crippen LogP contribution in [0.4, 0.5) is 0 Å². The zero-order valence-corrected chi connectivity index (χ0v) is 13.9. The predicted molar refractivity (Wildman–Crippen MR) is 93.6 cm³/mol. The monoisotopic (exact) mass is 325 g/mol. The molecule has 0 bridgehead atoms. The summed E-state index contributed by atoms with van der Waals surface area (Å²) in [5.41, 5.74) is 1.87. The molecule has 0 spiro atoms. The van der Waals surface area contributed by atoms with Crippen LogP contribution in [0.1, 0.15) is 41.6 Å². The molecule has 1 fully saturated rings. The highest BCUT2D eigenvalue weighted by Crippen LogP contribution is 2.30. The second-order valence-corrected chi connectivity index (χ2v) is 6.09. The molecule has 3 rings (SSSR count). The number of phenolic OH excluding ortho intramolecular Hbond substituents is 1. The number of rotatable bonds is 4. The Balaban J connectivity index is 1.66. The van der Waals surface area contributed by atoms with E-state index in [2.05, 4.69) is 0 Å². The molecule has 1 N–H and O–H groups in total. The van der Waals surface area contributed by atoms with Crippen molar-refractivity contribution in [3.8, 4) is 11.5 Å². The van der Waals surface area contributed by atoms with Crippen LogP contribution in [0.15, 0.2) is 48.5 Å². The highest BCUT2D eigenvalue weighted by Gasteiger charge is 2.26. The second kappa shape index (κ2) is 7.39. The van der Waals surface area contributed by atoms with Gasteiger partial charge in [0.25, 0.3) is 5.91 Å². The number of amides is 1. The zero-order valence-electron chi connectivity index (χ0n) is 13.9. The van der Waals surface area contributed by atoms with E-state index in [0.29, 0.717) is 29.6 Å². The summed E-state index contributed by atoms with van der Waals surface area (Å²) in [7, 11) is 0. The lowest BCUT2D eigenvalue weighted by atomic mass is 9.89. The second-order valence-electron chi connectivity index (χ2n) is 6.09. The van der Waals surface area contributed by atoms with Crippen molar-refractivity contribution in [3.63, 3.8) is 0 Å². The number of benzene rings is 2. The van der Waals surface area contributed by atoms with Crippen molar-refractivity contribution in [1.29, 1.82) is 0 Å². The fourth-order valence-electron chi connectivity index (χ4n) is 3.26. The first-order valence-electron chi connectivity index (χ1n) is 8.49. The Hall–Kier alpha value is -2.49. The average molecular weight is 325 g/mol. The summed E-state index contributed by atoms with van der Waals surface area (Å²) in [5, 5.41) is 9.40. The Morgan fingerprint density at radius 3 is 2.46 bits per heavy atom. The van der Waals surface area contributed by atoms with Crippen LogP contribution in [0.3, 0.4) is 0 Å². The highest BCUT2D eigenvalue weighted by molar-refractivity contribution is 5.97. The molecule has 1 amide bonds. The van der Waals surface area contributed by atoms with Gasteiger partial charge in [-0.2, -0.15) is 0 Å². The van der Waals surface area contributed by atoms with E-state index in [1.165, 1.54) is 5.56 Å².